The van der Waals surface area contributed by atoms with Gasteiger partial charge in [0.1, 0.15) is 23.6 Å². The minimum Gasteiger partial charge on any atom is -0.497 e. The van der Waals surface area contributed by atoms with Crippen molar-refractivity contribution in [1.82, 2.24) is 15.5 Å². The molecular formula is C16H21N3O5. The average Bonchev–Trinajstić information content (AvgIpc) is 2.99. The van der Waals surface area contributed by atoms with E-state index >= 15 is 0 Å². The van der Waals surface area contributed by atoms with Crippen LogP contribution in [0.4, 0.5) is 4.79 Å². The summed E-state index contributed by atoms with van der Waals surface area (Å²) in [6.45, 7) is 5.43. The molecule has 0 radical (unpaired) electrons. The van der Waals surface area contributed by atoms with Gasteiger partial charge in [-0.2, -0.15) is 4.98 Å². The molecule has 1 aromatic heterocycles. The molecule has 1 amide bonds. The Morgan fingerprint density at radius 1 is 1.17 bits per heavy atom. The molecule has 1 aromatic carbocycles. The maximum atomic E-state index is 11.6. The summed E-state index contributed by atoms with van der Waals surface area (Å²) in [5, 5.41) is 6.46. The maximum absolute atomic E-state index is 11.6. The Morgan fingerprint density at radius 2 is 1.79 bits per heavy atom. The number of nitrogens with one attached hydrogen (secondary N) is 1. The van der Waals surface area contributed by atoms with Gasteiger partial charge in [-0.15, -0.1) is 0 Å². The number of benzene rings is 1. The smallest absolute Gasteiger partial charge is 0.408 e. The normalized spacial score (nSPS) is 11.0. The Hall–Kier alpha value is -2.77. The van der Waals surface area contributed by atoms with Gasteiger partial charge < -0.3 is 24.1 Å². The lowest BCUT2D eigenvalue weighted by atomic mass is 10.2. The number of ether oxygens (including phenoxy) is 3. The number of aromatic nitrogens is 2. The molecule has 24 heavy (non-hydrogen) atoms. The standard InChI is InChI=1S/C16H21N3O5/c1-16(2,3)23-15(20)17-9-13-18-14(19-24-13)10-6-11(21-4)8-12(7-10)22-5/h6-8H,9H2,1-5H3,(H,17,20). The molecule has 0 spiro atoms. The van der Waals surface area contributed by atoms with Crippen LogP contribution in [0.15, 0.2) is 22.7 Å². The van der Waals surface area contributed by atoms with Gasteiger partial charge >= 0.3 is 6.09 Å². The van der Waals surface area contributed by atoms with Crippen LogP contribution in [-0.2, 0) is 11.3 Å². The van der Waals surface area contributed by atoms with E-state index in [9.17, 15) is 4.79 Å². The lowest BCUT2D eigenvalue weighted by Gasteiger charge is -2.19. The van der Waals surface area contributed by atoms with Crippen molar-refractivity contribution in [3.8, 4) is 22.9 Å². The van der Waals surface area contributed by atoms with Crippen molar-refractivity contribution < 1.29 is 23.5 Å². The zero-order valence-electron chi connectivity index (χ0n) is 14.4. The molecule has 0 unspecified atom stereocenters. The topological polar surface area (TPSA) is 95.7 Å². The second-order valence-electron chi connectivity index (χ2n) is 5.97. The monoisotopic (exact) mass is 335 g/mol. The number of rotatable bonds is 5. The van der Waals surface area contributed by atoms with Crippen LogP contribution >= 0.6 is 0 Å². The van der Waals surface area contributed by atoms with Crippen LogP contribution in [0.3, 0.4) is 0 Å². The molecule has 8 heteroatoms. The molecule has 0 atom stereocenters. The highest BCUT2D eigenvalue weighted by molar-refractivity contribution is 5.67. The zero-order valence-corrected chi connectivity index (χ0v) is 14.4. The Balaban J connectivity index is 2.07. The third-order valence-electron chi connectivity index (χ3n) is 2.86. The quantitative estimate of drug-likeness (QED) is 0.897. The van der Waals surface area contributed by atoms with Crippen LogP contribution in [0.25, 0.3) is 11.4 Å². The lowest BCUT2D eigenvalue weighted by molar-refractivity contribution is 0.0518. The molecule has 130 valence electrons. The van der Waals surface area contributed by atoms with E-state index in [1.807, 2.05) is 0 Å². The summed E-state index contributed by atoms with van der Waals surface area (Å²) in [6, 6.07) is 5.27. The Morgan fingerprint density at radius 3 is 2.33 bits per heavy atom. The van der Waals surface area contributed by atoms with Gasteiger partial charge in [0.05, 0.1) is 14.2 Å². The number of nitrogens with zero attached hydrogens (tertiary/aromatic N) is 2. The molecule has 1 heterocycles. The fourth-order valence-electron chi connectivity index (χ4n) is 1.84. The third-order valence-corrected chi connectivity index (χ3v) is 2.86. The Bertz CT molecular complexity index is 684. The van der Waals surface area contributed by atoms with Crippen LogP contribution in [-0.4, -0.2) is 36.1 Å². The van der Waals surface area contributed by atoms with Crippen LogP contribution in [0, 0.1) is 0 Å². The van der Waals surface area contributed by atoms with Crippen LogP contribution in [0.2, 0.25) is 0 Å². The second-order valence-corrected chi connectivity index (χ2v) is 5.97. The first-order valence-corrected chi connectivity index (χ1v) is 7.33. The number of methoxy groups -OCH3 is 2. The van der Waals surface area contributed by atoms with Gasteiger partial charge in [0, 0.05) is 11.6 Å². The molecule has 0 bridgehead atoms. The molecule has 1 N–H and O–H groups in total. The van der Waals surface area contributed by atoms with Crippen LogP contribution < -0.4 is 14.8 Å². The Kier molecular flexibility index (Phi) is 5.28. The van der Waals surface area contributed by atoms with E-state index in [-0.39, 0.29) is 12.4 Å². The summed E-state index contributed by atoms with van der Waals surface area (Å²) in [4.78, 5) is 15.9. The molecule has 2 rings (SSSR count). The predicted octanol–water partition coefficient (Wildman–Crippen LogP) is 2.78. The number of hydrogen-bond donors (Lipinski definition) is 1. The highest BCUT2D eigenvalue weighted by atomic mass is 16.6. The fourth-order valence-corrected chi connectivity index (χ4v) is 1.84. The van der Waals surface area contributed by atoms with Crippen LogP contribution in [0.5, 0.6) is 11.5 Å². The zero-order chi connectivity index (χ0) is 17.7. The molecule has 2 aromatic rings. The molecule has 0 aliphatic rings. The summed E-state index contributed by atoms with van der Waals surface area (Å²) < 4.78 is 20.7. The van der Waals surface area contributed by atoms with E-state index < -0.39 is 11.7 Å². The molecular weight excluding hydrogens is 314 g/mol. The first kappa shape index (κ1) is 17.6. The summed E-state index contributed by atoms with van der Waals surface area (Å²) in [5.74, 6) is 1.86. The van der Waals surface area contributed by atoms with Gasteiger partial charge in [-0.1, -0.05) is 5.16 Å². The largest absolute Gasteiger partial charge is 0.497 e. The minimum atomic E-state index is -0.568. The van der Waals surface area contributed by atoms with Crippen molar-refractivity contribution in [2.75, 3.05) is 14.2 Å². The predicted molar refractivity (Wildman–Crippen MR) is 85.9 cm³/mol. The van der Waals surface area contributed by atoms with Crippen molar-refractivity contribution in [1.29, 1.82) is 0 Å². The molecule has 0 saturated heterocycles. The van der Waals surface area contributed by atoms with Gasteiger partial charge in [0.25, 0.3) is 0 Å². The fraction of sp³-hybridized carbons (Fsp3) is 0.438. The van der Waals surface area contributed by atoms with E-state index in [2.05, 4.69) is 15.5 Å². The summed E-state index contributed by atoms with van der Waals surface area (Å²) in [5.41, 5.74) is 0.111. The van der Waals surface area contributed by atoms with Crippen molar-refractivity contribution in [3.63, 3.8) is 0 Å². The van der Waals surface area contributed by atoms with Gasteiger partial charge in [-0.25, -0.2) is 4.79 Å². The van der Waals surface area contributed by atoms with E-state index in [0.717, 1.165) is 0 Å². The summed E-state index contributed by atoms with van der Waals surface area (Å²) in [7, 11) is 3.12. The lowest BCUT2D eigenvalue weighted by Crippen LogP contribution is -2.32. The summed E-state index contributed by atoms with van der Waals surface area (Å²) in [6.07, 6.45) is -0.551. The Labute approximate surface area is 140 Å². The third kappa shape index (κ3) is 4.87. The van der Waals surface area contributed by atoms with Gasteiger partial charge in [0.15, 0.2) is 0 Å². The van der Waals surface area contributed by atoms with E-state index in [1.165, 1.54) is 0 Å². The van der Waals surface area contributed by atoms with Gasteiger partial charge in [-0.3, -0.25) is 0 Å². The van der Waals surface area contributed by atoms with Gasteiger partial charge in [-0.05, 0) is 32.9 Å². The molecule has 0 aliphatic heterocycles. The first-order chi connectivity index (χ1) is 11.3. The summed E-state index contributed by atoms with van der Waals surface area (Å²) >= 11 is 0. The number of hydrogen-bond acceptors (Lipinski definition) is 7. The number of carbonyl (C=O) groups excluding carboxylic acids is 1. The minimum absolute atomic E-state index is 0.0724. The first-order valence-electron chi connectivity index (χ1n) is 7.33. The second kappa shape index (κ2) is 7.20. The van der Waals surface area contributed by atoms with E-state index in [1.54, 1.807) is 53.2 Å². The van der Waals surface area contributed by atoms with Gasteiger partial charge in [0.2, 0.25) is 11.7 Å². The van der Waals surface area contributed by atoms with Crippen molar-refractivity contribution >= 4 is 6.09 Å². The maximum Gasteiger partial charge on any atom is 0.408 e. The molecule has 8 nitrogen and oxygen atoms in total. The average molecular weight is 335 g/mol. The van der Waals surface area contributed by atoms with E-state index in [0.29, 0.717) is 22.9 Å². The number of carbonyl (C=O) groups is 1. The van der Waals surface area contributed by atoms with Crippen molar-refractivity contribution in [2.45, 2.75) is 32.9 Å². The molecule has 0 saturated carbocycles. The highest BCUT2D eigenvalue weighted by Crippen LogP contribution is 2.28. The molecule has 0 aliphatic carbocycles. The van der Waals surface area contributed by atoms with E-state index in [4.69, 9.17) is 18.7 Å². The van der Waals surface area contributed by atoms with Crippen LogP contribution in [0.1, 0.15) is 26.7 Å². The number of amides is 1. The highest BCUT2D eigenvalue weighted by Gasteiger charge is 2.17. The molecule has 0 fully saturated rings. The van der Waals surface area contributed by atoms with Crippen molar-refractivity contribution in [2.24, 2.45) is 0 Å². The number of alkyl carbamates (subject to hydrolysis) is 1. The van der Waals surface area contributed by atoms with Crippen molar-refractivity contribution in [3.05, 3.63) is 24.1 Å². The SMILES string of the molecule is COc1cc(OC)cc(-c2noc(CNC(=O)OC(C)(C)C)n2)c1.